The Hall–Kier alpha value is -3.39. The lowest BCUT2D eigenvalue weighted by molar-refractivity contribution is 0.102. The van der Waals surface area contributed by atoms with Gasteiger partial charge in [0.2, 0.25) is 0 Å². The Morgan fingerprint density at radius 2 is 1.60 bits per heavy atom. The minimum Gasteiger partial charge on any atom is -0.367 e. The summed E-state index contributed by atoms with van der Waals surface area (Å²) in [6.45, 7) is 1.90. The van der Waals surface area contributed by atoms with Crippen molar-refractivity contribution < 1.29 is 13.2 Å². The summed E-state index contributed by atoms with van der Waals surface area (Å²) in [4.78, 5) is 16.9. The molecule has 0 aliphatic heterocycles. The monoisotopic (exact) mass is 422 g/mol. The Bertz CT molecular complexity index is 1140. The number of pyridine rings is 1. The van der Waals surface area contributed by atoms with E-state index < -0.39 is 10.0 Å². The fourth-order valence-electron chi connectivity index (χ4n) is 2.81. The Labute approximate surface area is 175 Å². The van der Waals surface area contributed by atoms with Crippen molar-refractivity contribution >= 4 is 33.1 Å². The lowest BCUT2D eigenvalue weighted by atomic mass is 10.2. The first-order valence-corrected chi connectivity index (χ1v) is 11.1. The van der Waals surface area contributed by atoms with Crippen molar-refractivity contribution in [2.24, 2.45) is 0 Å². The van der Waals surface area contributed by atoms with Gasteiger partial charge >= 0.3 is 0 Å². The summed E-state index contributed by atoms with van der Waals surface area (Å²) in [5, 5.41) is 6.05. The summed E-state index contributed by atoms with van der Waals surface area (Å²) in [6, 6.07) is 17.1. The van der Waals surface area contributed by atoms with E-state index >= 15 is 0 Å². The number of hydrogen-bond donors (Lipinski definition) is 3. The normalized spacial score (nSPS) is 13.5. The largest absolute Gasteiger partial charge is 0.367 e. The van der Waals surface area contributed by atoms with E-state index in [2.05, 4.69) is 20.3 Å². The van der Waals surface area contributed by atoms with Crippen molar-refractivity contribution in [2.75, 3.05) is 15.4 Å². The molecule has 0 radical (unpaired) electrons. The Morgan fingerprint density at radius 3 is 2.20 bits per heavy atom. The lowest BCUT2D eigenvalue weighted by Gasteiger charge is -2.10. The summed E-state index contributed by atoms with van der Waals surface area (Å²) < 4.78 is 27.5. The third kappa shape index (κ3) is 4.96. The molecule has 0 saturated heterocycles. The van der Waals surface area contributed by atoms with Gasteiger partial charge < -0.3 is 10.6 Å². The minimum absolute atomic E-state index is 0.192. The van der Waals surface area contributed by atoms with Gasteiger partial charge in [0.25, 0.3) is 15.9 Å². The molecule has 0 bridgehead atoms. The molecule has 3 N–H and O–H groups in total. The predicted molar refractivity (Wildman–Crippen MR) is 117 cm³/mol. The van der Waals surface area contributed by atoms with Crippen LogP contribution in [0.3, 0.4) is 0 Å². The van der Waals surface area contributed by atoms with E-state index in [9.17, 15) is 13.2 Å². The molecule has 1 fully saturated rings. The standard InChI is InChI=1S/C22H22N4O3S/c1-15-2-11-20(12-3-15)30(28,29)26-19-9-7-18(8-10-19)25-22(27)16-4-13-21(23-14-16)24-17-5-6-17/h2-4,7-14,17,26H,5-6H2,1H3,(H,23,24)(H,25,27). The van der Waals surface area contributed by atoms with Crippen LogP contribution in [0.25, 0.3) is 0 Å². The van der Waals surface area contributed by atoms with Gasteiger partial charge in [-0.25, -0.2) is 13.4 Å². The van der Waals surface area contributed by atoms with Gasteiger partial charge in [0.05, 0.1) is 10.5 Å². The molecule has 2 aromatic carbocycles. The number of hydrogen-bond acceptors (Lipinski definition) is 5. The van der Waals surface area contributed by atoms with E-state index in [0.29, 0.717) is 23.0 Å². The maximum absolute atomic E-state index is 12.5. The van der Waals surface area contributed by atoms with Crippen LogP contribution in [0.1, 0.15) is 28.8 Å². The van der Waals surface area contributed by atoms with E-state index in [0.717, 1.165) is 24.2 Å². The molecule has 1 aromatic heterocycles. The number of aromatic nitrogens is 1. The summed E-state index contributed by atoms with van der Waals surface area (Å²) in [5.74, 6) is 0.479. The van der Waals surface area contributed by atoms with Gasteiger partial charge in [-0.15, -0.1) is 0 Å². The molecule has 1 heterocycles. The molecule has 4 rings (SSSR count). The number of anilines is 3. The van der Waals surface area contributed by atoms with Crippen molar-refractivity contribution in [1.29, 1.82) is 0 Å². The molecule has 30 heavy (non-hydrogen) atoms. The third-order valence-electron chi connectivity index (χ3n) is 4.68. The average molecular weight is 423 g/mol. The van der Waals surface area contributed by atoms with Gasteiger partial charge in [-0.05, 0) is 68.3 Å². The van der Waals surface area contributed by atoms with Crippen molar-refractivity contribution in [2.45, 2.75) is 30.7 Å². The molecule has 1 amide bonds. The van der Waals surface area contributed by atoms with Crippen molar-refractivity contribution in [1.82, 2.24) is 4.98 Å². The molecule has 1 aliphatic rings. The van der Waals surface area contributed by atoms with E-state index in [1.165, 1.54) is 6.20 Å². The first kappa shape index (κ1) is 19.9. The summed E-state index contributed by atoms with van der Waals surface area (Å²) in [5.41, 5.74) is 2.39. The zero-order chi connectivity index (χ0) is 21.1. The molecule has 0 unspecified atom stereocenters. The van der Waals surface area contributed by atoms with Crippen LogP contribution in [0.15, 0.2) is 71.8 Å². The molecular formula is C22H22N4O3S. The summed E-state index contributed by atoms with van der Waals surface area (Å²) in [6.07, 6.45) is 3.84. The van der Waals surface area contributed by atoms with Crippen molar-refractivity contribution in [3.63, 3.8) is 0 Å². The second-order valence-corrected chi connectivity index (χ2v) is 8.98. The SMILES string of the molecule is Cc1ccc(S(=O)(=O)Nc2ccc(NC(=O)c3ccc(NC4CC4)nc3)cc2)cc1. The van der Waals surface area contributed by atoms with E-state index in [-0.39, 0.29) is 10.8 Å². The highest BCUT2D eigenvalue weighted by atomic mass is 32.2. The van der Waals surface area contributed by atoms with Crippen LogP contribution in [-0.4, -0.2) is 25.4 Å². The van der Waals surface area contributed by atoms with Crippen LogP contribution >= 0.6 is 0 Å². The third-order valence-corrected chi connectivity index (χ3v) is 6.08. The van der Waals surface area contributed by atoms with Crippen molar-refractivity contribution in [3.8, 4) is 0 Å². The molecule has 1 saturated carbocycles. The van der Waals surface area contributed by atoms with Crippen LogP contribution in [0.5, 0.6) is 0 Å². The smallest absolute Gasteiger partial charge is 0.261 e. The van der Waals surface area contributed by atoms with Crippen LogP contribution in [-0.2, 0) is 10.0 Å². The number of aryl methyl sites for hydroxylation is 1. The number of nitrogens with one attached hydrogen (secondary N) is 3. The second-order valence-electron chi connectivity index (χ2n) is 7.30. The molecule has 0 spiro atoms. The fraction of sp³-hybridized carbons (Fsp3) is 0.182. The van der Waals surface area contributed by atoms with Crippen LogP contribution in [0.4, 0.5) is 17.2 Å². The molecule has 3 aromatic rings. The predicted octanol–water partition coefficient (Wildman–Crippen LogP) is 4.02. The quantitative estimate of drug-likeness (QED) is 0.534. The second kappa shape index (κ2) is 8.16. The Kier molecular flexibility index (Phi) is 5.41. The number of carbonyl (C=O) groups is 1. The zero-order valence-corrected chi connectivity index (χ0v) is 17.2. The molecule has 0 atom stereocenters. The number of amides is 1. The molecular weight excluding hydrogens is 400 g/mol. The topological polar surface area (TPSA) is 100 Å². The number of carbonyl (C=O) groups excluding carboxylic acids is 1. The van der Waals surface area contributed by atoms with Crippen molar-refractivity contribution in [3.05, 3.63) is 78.0 Å². The fourth-order valence-corrected chi connectivity index (χ4v) is 3.87. The van der Waals surface area contributed by atoms with Gasteiger partial charge in [-0.3, -0.25) is 9.52 Å². The highest BCUT2D eigenvalue weighted by Gasteiger charge is 2.21. The molecule has 154 valence electrons. The number of rotatable bonds is 7. The van der Waals surface area contributed by atoms with E-state index in [1.54, 1.807) is 60.7 Å². The lowest BCUT2D eigenvalue weighted by Crippen LogP contribution is -2.14. The minimum atomic E-state index is -3.67. The maximum Gasteiger partial charge on any atom is 0.261 e. The average Bonchev–Trinajstić information content (AvgIpc) is 3.54. The highest BCUT2D eigenvalue weighted by molar-refractivity contribution is 7.92. The Morgan fingerprint density at radius 1 is 0.933 bits per heavy atom. The molecule has 8 heteroatoms. The van der Waals surface area contributed by atoms with Gasteiger partial charge in [0.1, 0.15) is 5.82 Å². The van der Waals surface area contributed by atoms with Gasteiger partial charge in [-0.1, -0.05) is 17.7 Å². The summed E-state index contributed by atoms with van der Waals surface area (Å²) >= 11 is 0. The first-order valence-electron chi connectivity index (χ1n) is 9.62. The van der Waals surface area contributed by atoms with Gasteiger partial charge in [0.15, 0.2) is 0 Å². The number of benzene rings is 2. The molecule has 1 aliphatic carbocycles. The van der Waals surface area contributed by atoms with E-state index in [4.69, 9.17) is 0 Å². The number of sulfonamides is 1. The highest BCUT2D eigenvalue weighted by Crippen LogP contribution is 2.24. The maximum atomic E-state index is 12.5. The van der Waals surface area contributed by atoms with Crippen LogP contribution < -0.4 is 15.4 Å². The van der Waals surface area contributed by atoms with E-state index in [1.807, 2.05) is 6.92 Å². The van der Waals surface area contributed by atoms with Gasteiger partial charge in [-0.2, -0.15) is 0 Å². The molecule has 7 nitrogen and oxygen atoms in total. The van der Waals surface area contributed by atoms with Crippen LogP contribution in [0, 0.1) is 6.92 Å². The van der Waals surface area contributed by atoms with Crippen LogP contribution in [0.2, 0.25) is 0 Å². The Balaban J connectivity index is 1.38. The number of nitrogens with zero attached hydrogens (tertiary/aromatic N) is 1. The first-order chi connectivity index (χ1) is 14.4. The zero-order valence-electron chi connectivity index (χ0n) is 16.4. The summed E-state index contributed by atoms with van der Waals surface area (Å²) in [7, 11) is -3.67. The van der Waals surface area contributed by atoms with Gasteiger partial charge in [0, 0.05) is 23.6 Å².